The maximum absolute atomic E-state index is 4.93. The zero-order valence-electron chi connectivity index (χ0n) is 17.7. The van der Waals surface area contributed by atoms with E-state index in [0.29, 0.717) is 17.7 Å². The molecule has 5 nitrogen and oxygen atoms in total. The van der Waals surface area contributed by atoms with Gasteiger partial charge in [-0.25, -0.2) is 15.0 Å². The molecule has 5 heteroatoms. The first-order valence-electron chi connectivity index (χ1n) is 10.7. The van der Waals surface area contributed by atoms with Crippen LogP contribution in [-0.4, -0.2) is 25.9 Å². The molecule has 0 bridgehead atoms. The highest BCUT2D eigenvalue weighted by molar-refractivity contribution is 5.90. The van der Waals surface area contributed by atoms with Crippen molar-refractivity contribution in [3.05, 3.63) is 90.9 Å². The van der Waals surface area contributed by atoms with Crippen molar-refractivity contribution in [3.63, 3.8) is 0 Å². The van der Waals surface area contributed by atoms with Crippen molar-refractivity contribution in [3.8, 4) is 11.4 Å². The summed E-state index contributed by atoms with van der Waals surface area (Å²) in [5.41, 5.74) is 4.14. The number of rotatable bonds is 6. The molecule has 3 aromatic heterocycles. The predicted molar refractivity (Wildman–Crippen MR) is 126 cm³/mol. The Morgan fingerprint density at radius 1 is 0.903 bits per heavy atom. The highest BCUT2D eigenvalue weighted by Gasteiger charge is 2.17. The quantitative estimate of drug-likeness (QED) is 0.387. The summed E-state index contributed by atoms with van der Waals surface area (Å²) in [4.78, 5) is 14.1. The molecule has 0 aliphatic carbocycles. The summed E-state index contributed by atoms with van der Waals surface area (Å²) < 4.78 is 1.99. The minimum Gasteiger partial charge on any atom is -0.369 e. The number of hydrogen-bond donors (Lipinski definition) is 1. The van der Waals surface area contributed by atoms with E-state index in [2.05, 4.69) is 60.5 Å². The molecule has 1 unspecified atom stereocenters. The first kappa shape index (κ1) is 19.2. The number of aromatic nitrogens is 4. The molecule has 0 spiro atoms. The largest absolute Gasteiger partial charge is 0.369 e. The van der Waals surface area contributed by atoms with Crippen LogP contribution >= 0.6 is 0 Å². The fraction of sp³-hybridized carbons (Fsp3) is 0.192. The number of nitrogens with zero attached hydrogens (tertiary/aromatic N) is 4. The third-order valence-corrected chi connectivity index (χ3v) is 5.77. The van der Waals surface area contributed by atoms with Gasteiger partial charge in [0, 0.05) is 42.0 Å². The smallest absolute Gasteiger partial charge is 0.163 e. The van der Waals surface area contributed by atoms with Crippen LogP contribution < -0.4 is 5.32 Å². The predicted octanol–water partition coefficient (Wildman–Crippen LogP) is 5.80. The normalized spacial score (nSPS) is 12.5. The van der Waals surface area contributed by atoms with Crippen molar-refractivity contribution in [1.82, 2.24) is 19.4 Å². The SMILES string of the molecule is CC(C)C(CNc1nc(-c2ccc3nccn3c2)nc2ccccc12)c1ccccc1. The number of anilines is 1. The van der Waals surface area contributed by atoms with Crippen molar-refractivity contribution in [2.45, 2.75) is 19.8 Å². The number of benzene rings is 2. The summed E-state index contributed by atoms with van der Waals surface area (Å²) in [6, 6.07) is 22.9. The lowest BCUT2D eigenvalue weighted by Gasteiger charge is -2.22. The lowest BCUT2D eigenvalue weighted by Crippen LogP contribution is -2.18. The van der Waals surface area contributed by atoms with Crippen molar-refractivity contribution in [2.24, 2.45) is 5.92 Å². The molecule has 2 aromatic carbocycles. The van der Waals surface area contributed by atoms with E-state index in [0.717, 1.165) is 34.5 Å². The fourth-order valence-corrected chi connectivity index (χ4v) is 4.04. The number of nitrogens with one attached hydrogen (secondary N) is 1. The van der Waals surface area contributed by atoms with Gasteiger partial charge in [0.1, 0.15) is 11.5 Å². The minimum atomic E-state index is 0.390. The average molecular weight is 408 g/mol. The van der Waals surface area contributed by atoms with E-state index in [4.69, 9.17) is 9.97 Å². The second-order valence-electron chi connectivity index (χ2n) is 8.17. The van der Waals surface area contributed by atoms with Gasteiger partial charge in [-0.05, 0) is 35.7 Å². The van der Waals surface area contributed by atoms with Crippen LogP contribution in [0.15, 0.2) is 85.3 Å². The highest BCUT2D eigenvalue weighted by Crippen LogP contribution is 2.28. The van der Waals surface area contributed by atoms with Crippen LogP contribution in [0.2, 0.25) is 0 Å². The topological polar surface area (TPSA) is 55.1 Å². The number of fused-ring (bicyclic) bond motifs is 2. The molecular weight excluding hydrogens is 382 g/mol. The standard InChI is InChI=1S/C26H25N5/c1-18(2)22(19-8-4-3-5-9-19)16-28-26-21-10-6-7-11-23(21)29-25(30-26)20-12-13-24-27-14-15-31(24)17-20/h3-15,17-18,22H,16H2,1-2H3,(H,28,29,30). The Labute approximate surface area is 181 Å². The summed E-state index contributed by atoms with van der Waals surface area (Å²) >= 11 is 0. The molecule has 3 heterocycles. The number of para-hydroxylation sites is 1. The van der Waals surface area contributed by atoms with E-state index in [-0.39, 0.29) is 0 Å². The highest BCUT2D eigenvalue weighted by atomic mass is 15.0. The first-order chi connectivity index (χ1) is 15.2. The van der Waals surface area contributed by atoms with E-state index in [9.17, 15) is 0 Å². The second kappa shape index (κ2) is 8.19. The summed E-state index contributed by atoms with van der Waals surface area (Å²) in [5.74, 6) is 2.47. The van der Waals surface area contributed by atoms with Gasteiger partial charge in [-0.15, -0.1) is 0 Å². The van der Waals surface area contributed by atoms with E-state index >= 15 is 0 Å². The van der Waals surface area contributed by atoms with Gasteiger partial charge in [0.05, 0.1) is 5.52 Å². The zero-order chi connectivity index (χ0) is 21.2. The molecule has 0 aliphatic rings. The zero-order valence-corrected chi connectivity index (χ0v) is 17.7. The van der Waals surface area contributed by atoms with E-state index < -0.39 is 0 Å². The molecule has 0 saturated carbocycles. The van der Waals surface area contributed by atoms with Gasteiger partial charge in [-0.2, -0.15) is 0 Å². The first-order valence-corrected chi connectivity index (χ1v) is 10.7. The number of pyridine rings is 1. The Balaban J connectivity index is 1.53. The Morgan fingerprint density at radius 2 is 1.71 bits per heavy atom. The molecule has 1 N–H and O–H groups in total. The lowest BCUT2D eigenvalue weighted by atomic mass is 9.88. The second-order valence-corrected chi connectivity index (χ2v) is 8.17. The monoisotopic (exact) mass is 407 g/mol. The summed E-state index contributed by atoms with van der Waals surface area (Å²) in [6.45, 7) is 5.34. The third kappa shape index (κ3) is 3.87. The van der Waals surface area contributed by atoms with Gasteiger partial charge in [-0.3, -0.25) is 0 Å². The van der Waals surface area contributed by atoms with Gasteiger partial charge in [-0.1, -0.05) is 56.3 Å². The maximum Gasteiger partial charge on any atom is 0.163 e. The van der Waals surface area contributed by atoms with Crippen LogP contribution in [-0.2, 0) is 0 Å². The summed E-state index contributed by atoms with van der Waals surface area (Å²) in [6.07, 6.45) is 5.76. The summed E-state index contributed by atoms with van der Waals surface area (Å²) in [7, 11) is 0. The van der Waals surface area contributed by atoms with E-state index in [1.165, 1.54) is 5.56 Å². The molecule has 0 aliphatic heterocycles. The third-order valence-electron chi connectivity index (χ3n) is 5.77. The lowest BCUT2D eigenvalue weighted by molar-refractivity contribution is 0.516. The minimum absolute atomic E-state index is 0.390. The average Bonchev–Trinajstić information content (AvgIpc) is 3.27. The van der Waals surface area contributed by atoms with Crippen molar-refractivity contribution in [2.75, 3.05) is 11.9 Å². The molecular formula is C26H25N5. The van der Waals surface area contributed by atoms with Crippen LogP contribution in [0, 0.1) is 5.92 Å². The molecule has 154 valence electrons. The maximum atomic E-state index is 4.93. The molecule has 5 rings (SSSR count). The van der Waals surface area contributed by atoms with Gasteiger partial charge in [0.15, 0.2) is 5.82 Å². The Kier molecular flexibility index (Phi) is 5.08. The van der Waals surface area contributed by atoms with Gasteiger partial charge < -0.3 is 9.72 Å². The van der Waals surface area contributed by atoms with Crippen LogP contribution in [0.3, 0.4) is 0 Å². The molecule has 0 fully saturated rings. The van der Waals surface area contributed by atoms with Crippen LogP contribution in [0.4, 0.5) is 5.82 Å². The van der Waals surface area contributed by atoms with Gasteiger partial charge in [0.25, 0.3) is 0 Å². The van der Waals surface area contributed by atoms with Crippen LogP contribution in [0.25, 0.3) is 27.9 Å². The Bertz CT molecular complexity index is 1320. The molecule has 0 radical (unpaired) electrons. The van der Waals surface area contributed by atoms with Crippen molar-refractivity contribution < 1.29 is 0 Å². The van der Waals surface area contributed by atoms with E-state index in [1.54, 1.807) is 6.20 Å². The van der Waals surface area contributed by atoms with Crippen molar-refractivity contribution >= 4 is 22.4 Å². The molecule has 1 atom stereocenters. The number of imidazole rings is 1. The van der Waals surface area contributed by atoms with Gasteiger partial charge in [0.2, 0.25) is 0 Å². The number of hydrogen-bond acceptors (Lipinski definition) is 4. The summed E-state index contributed by atoms with van der Waals surface area (Å²) in [5, 5.41) is 4.67. The van der Waals surface area contributed by atoms with Crippen LogP contribution in [0.1, 0.15) is 25.3 Å². The fourth-order valence-electron chi connectivity index (χ4n) is 4.04. The molecule has 31 heavy (non-hydrogen) atoms. The molecule has 5 aromatic rings. The molecule has 0 amide bonds. The van der Waals surface area contributed by atoms with E-state index in [1.807, 2.05) is 47.1 Å². The molecule has 0 saturated heterocycles. The van der Waals surface area contributed by atoms with Crippen molar-refractivity contribution in [1.29, 1.82) is 0 Å². The Hall–Kier alpha value is -3.73. The van der Waals surface area contributed by atoms with Gasteiger partial charge >= 0.3 is 0 Å². The van der Waals surface area contributed by atoms with Crippen LogP contribution in [0.5, 0.6) is 0 Å². The Morgan fingerprint density at radius 3 is 2.55 bits per heavy atom.